The molecule has 0 bridgehead atoms. The summed E-state index contributed by atoms with van der Waals surface area (Å²) in [6.45, 7) is 9.68. The molecule has 0 spiro atoms. The molecule has 0 unspecified atom stereocenters. The highest BCUT2D eigenvalue weighted by Gasteiger charge is 2.59. The van der Waals surface area contributed by atoms with E-state index in [4.69, 9.17) is 0 Å². The summed E-state index contributed by atoms with van der Waals surface area (Å²) in [5.74, 6) is 4.96. The van der Waals surface area contributed by atoms with E-state index in [1.165, 1.54) is 51.4 Å². The number of rotatable bonds is 5. The summed E-state index contributed by atoms with van der Waals surface area (Å²) in [5.41, 5.74) is 1.88. The molecule has 0 radical (unpaired) electrons. The third-order valence-electron chi connectivity index (χ3n) is 11.8. The zero-order chi connectivity index (χ0) is 22.7. The minimum Gasteiger partial charge on any atom is -0.390 e. The lowest BCUT2D eigenvalue weighted by Gasteiger charge is -2.59. The van der Waals surface area contributed by atoms with Crippen molar-refractivity contribution in [2.24, 2.45) is 46.3 Å². The van der Waals surface area contributed by atoms with Crippen molar-refractivity contribution in [2.45, 2.75) is 123 Å². The van der Waals surface area contributed by atoms with E-state index in [0.29, 0.717) is 28.4 Å². The average Bonchev–Trinajstić information content (AvgIpc) is 3.40. The molecule has 0 aromatic rings. The van der Waals surface area contributed by atoms with E-state index in [-0.39, 0.29) is 0 Å². The zero-order valence-electron chi connectivity index (χ0n) is 21.3. The van der Waals surface area contributed by atoms with Gasteiger partial charge in [-0.05, 0) is 118 Å². The molecule has 0 aliphatic heterocycles. The second-order valence-corrected chi connectivity index (χ2v) is 13.6. The van der Waals surface area contributed by atoms with Crippen LogP contribution in [-0.2, 0) is 4.79 Å². The Morgan fingerprint density at radius 1 is 1.03 bits per heavy atom. The van der Waals surface area contributed by atoms with Crippen LogP contribution in [0.2, 0.25) is 0 Å². The van der Waals surface area contributed by atoms with E-state index in [1.807, 2.05) is 6.92 Å². The standard InChI is InChI=1S/C30H48O2/c1-20(9-14-27(31)21-7-5-6-8-21)24-12-13-25-23-11-10-22-19-28(2,32)17-18-29(22,3)26(23)15-16-30(24,25)4/h10,20-21,23-26,32H,5-9,11-19H2,1-4H3/t20-,23+,24-,25+,26+,28+,29+,30-/m1/s1. The van der Waals surface area contributed by atoms with Crippen LogP contribution in [0.15, 0.2) is 11.6 Å². The number of carbonyl (C=O) groups excluding carboxylic acids is 1. The van der Waals surface area contributed by atoms with Crippen molar-refractivity contribution in [3.63, 3.8) is 0 Å². The fourth-order valence-electron chi connectivity index (χ4n) is 9.80. The number of fused-ring (bicyclic) bond motifs is 5. The fraction of sp³-hybridized carbons (Fsp3) is 0.900. The molecule has 5 aliphatic rings. The molecule has 0 saturated heterocycles. The van der Waals surface area contributed by atoms with Gasteiger partial charge in [-0.1, -0.05) is 45.3 Å². The predicted octanol–water partition coefficient (Wildman–Crippen LogP) is 7.49. The van der Waals surface area contributed by atoms with Crippen molar-refractivity contribution < 1.29 is 9.90 Å². The van der Waals surface area contributed by atoms with Crippen molar-refractivity contribution >= 4 is 5.78 Å². The molecule has 32 heavy (non-hydrogen) atoms. The van der Waals surface area contributed by atoms with Crippen LogP contribution in [0.5, 0.6) is 0 Å². The summed E-state index contributed by atoms with van der Waals surface area (Å²) in [6, 6.07) is 0. The Hall–Kier alpha value is -0.630. The molecule has 180 valence electrons. The van der Waals surface area contributed by atoms with Crippen molar-refractivity contribution in [3.8, 4) is 0 Å². The maximum Gasteiger partial charge on any atom is 0.135 e. The molecule has 8 atom stereocenters. The van der Waals surface area contributed by atoms with Gasteiger partial charge in [0.25, 0.3) is 0 Å². The highest BCUT2D eigenvalue weighted by molar-refractivity contribution is 5.81. The zero-order valence-corrected chi connectivity index (χ0v) is 21.3. The maximum atomic E-state index is 12.7. The number of ketones is 1. The summed E-state index contributed by atoms with van der Waals surface area (Å²) in [4.78, 5) is 12.7. The number of carbonyl (C=O) groups is 1. The van der Waals surface area contributed by atoms with Crippen LogP contribution in [0.25, 0.3) is 0 Å². The normalized spacial score (nSPS) is 47.3. The van der Waals surface area contributed by atoms with E-state index in [9.17, 15) is 9.90 Å². The highest BCUT2D eigenvalue weighted by atomic mass is 16.3. The lowest BCUT2D eigenvalue weighted by molar-refractivity contribution is -0.123. The Balaban J connectivity index is 1.27. The van der Waals surface area contributed by atoms with Gasteiger partial charge in [-0.15, -0.1) is 0 Å². The summed E-state index contributed by atoms with van der Waals surface area (Å²) < 4.78 is 0. The lowest BCUT2D eigenvalue weighted by atomic mass is 9.46. The summed E-state index contributed by atoms with van der Waals surface area (Å²) in [5, 5.41) is 10.7. The van der Waals surface area contributed by atoms with Gasteiger partial charge in [0.1, 0.15) is 5.78 Å². The highest BCUT2D eigenvalue weighted by Crippen LogP contribution is 2.67. The van der Waals surface area contributed by atoms with Gasteiger partial charge in [0.15, 0.2) is 0 Å². The molecule has 0 heterocycles. The first-order valence-corrected chi connectivity index (χ1v) is 14.1. The van der Waals surface area contributed by atoms with Gasteiger partial charge in [-0.2, -0.15) is 0 Å². The largest absolute Gasteiger partial charge is 0.390 e. The first kappa shape index (κ1) is 23.1. The summed E-state index contributed by atoms with van der Waals surface area (Å²) in [7, 11) is 0. The van der Waals surface area contributed by atoms with Crippen molar-refractivity contribution in [1.29, 1.82) is 0 Å². The molecule has 5 rings (SSSR count). The molecule has 0 amide bonds. The fourth-order valence-corrected chi connectivity index (χ4v) is 9.80. The van der Waals surface area contributed by atoms with Crippen LogP contribution in [0.4, 0.5) is 0 Å². The monoisotopic (exact) mass is 440 g/mol. The smallest absolute Gasteiger partial charge is 0.135 e. The van der Waals surface area contributed by atoms with Crippen molar-refractivity contribution in [2.75, 3.05) is 0 Å². The van der Waals surface area contributed by atoms with Gasteiger partial charge in [-0.25, -0.2) is 0 Å². The Morgan fingerprint density at radius 3 is 2.53 bits per heavy atom. The second kappa shape index (κ2) is 8.24. The number of allylic oxidation sites excluding steroid dienone is 1. The third kappa shape index (κ3) is 3.75. The first-order valence-electron chi connectivity index (χ1n) is 14.1. The van der Waals surface area contributed by atoms with Gasteiger partial charge < -0.3 is 5.11 Å². The predicted molar refractivity (Wildman–Crippen MR) is 131 cm³/mol. The Kier molecular flexibility index (Phi) is 5.96. The average molecular weight is 441 g/mol. The summed E-state index contributed by atoms with van der Waals surface area (Å²) in [6.07, 6.45) is 19.2. The van der Waals surface area contributed by atoms with E-state index in [0.717, 1.165) is 62.2 Å². The molecule has 0 aromatic heterocycles. The molecular formula is C30H48O2. The Bertz CT molecular complexity index is 759. The van der Waals surface area contributed by atoms with Crippen LogP contribution in [0.1, 0.15) is 118 Å². The van der Waals surface area contributed by atoms with Crippen LogP contribution in [0.3, 0.4) is 0 Å². The minimum absolute atomic E-state index is 0.323. The van der Waals surface area contributed by atoms with E-state index >= 15 is 0 Å². The molecule has 2 heteroatoms. The van der Waals surface area contributed by atoms with Gasteiger partial charge in [0.2, 0.25) is 0 Å². The molecule has 4 fully saturated rings. The van der Waals surface area contributed by atoms with Crippen molar-refractivity contribution in [1.82, 2.24) is 0 Å². The van der Waals surface area contributed by atoms with Crippen LogP contribution >= 0.6 is 0 Å². The quantitative estimate of drug-likeness (QED) is 0.450. The van der Waals surface area contributed by atoms with E-state index < -0.39 is 5.60 Å². The van der Waals surface area contributed by atoms with Crippen LogP contribution in [-0.4, -0.2) is 16.5 Å². The van der Waals surface area contributed by atoms with Gasteiger partial charge in [-0.3, -0.25) is 4.79 Å². The molecule has 2 nitrogen and oxygen atoms in total. The lowest BCUT2D eigenvalue weighted by Crippen LogP contribution is -2.52. The number of Topliss-reactive ketones (excluding diaryl/α,β-unsaturated/α-hetero) is 1. The topological polar surface area (TPSA) is 37.3 Å². The molecular weight excluding hydrogens is 392 g/mol. The van der Waals surface area contributed by atoms with Gasteiger partial charge in [0.05, 0.1) is 5.60 Å². The van der Waals surface area contributed by atoms with Crippen LogP contribution < -0.4 is 0 Å². The maximum absolute atomic E-state index is 12.7. The minimum atomic E-state index is -0.495. The number of hydrogen-bond donors (Lipinski definition) is 1. The third-order valence-corrected chi connectivity index (χ3v) is 11.8. The SMILES string of the molecule is C[C@H](CCC(=O)C1CCCC1)[C@H]1CC[C@H]2[C@@H]3CC=C4C[C@@](C)(O)CC[C@]4(C)[C@H]3CC[C@]12C. The first-order chi connectivity index (χ1) is 15.1. The summed E-state index contributed by atoms with van der Waals surface area (Å²) >= 11 is 0. The van der Waals surface area contributed by atoms with Crippen molar-refractivity contribution in [3.05, 3.63) is 11.6 Å². The number of aliphatic hydroxyl groups is 1. The number of hydrogen-bond acceptors (Lipinski definition) is 2. The van der Waals surface area contributed by atoms with E-state index in [1.54, 1.807) is 5.57 Å². The van der Waals surface area contributed by atoms with Crippen LogP contribution in [0, 0.1) is 46.3 Å². The Labute approximate surface area is 197 Å². The Morgan fingerprint density at radius 2 is 1.78 bits per heavy atom. The van der Waals surface area contributed by atoms with Gasteiger partial charge >= 0.3 is 0 Å². The molecule has 1 N–H and O–H groups in total. The molecule has 5 aliphatic carbocycles. The second-order valence-electron chi connectivity index (χ2n) is 13.6. The van der Waals surface area contributed by atoms with Gasteiger partial charge in [0, 0.05) is 12.3 Å². The van der Waals surface area contributed by atoms with E-state index in [2.05, 4.69) is 26.8 Å². The molecule has 4 saturated carbocycles. The molecule has 0 aromatic carbocycles.